The summed E-state index contributed by atoms with van der Waals surface area (Å²) in [5.41, 5.74) is 2.29. The van der Waals surface area contributed by atoms with Gasteiger partial charge in [-0.1, -0.05) is 31.2 Å². The predicted molar refractivity (Wildman–Crippen MR) is 131 cm³/mol. The number of hydrogen-bond donors (Lipinski definition) is 2. The Kier molecular flexibility index (Phi) is 7.12. The Hall–Kier alpha value is -3.55. The Labute approximate surface area is 193 Å². The highest BCUT2D eigenvalue weighted by atomic mass is 16.5. The fourth-order valence-electron chi connectivity index (χ4n) is 4.26. The van der Waals surface area contributed by atoms with Gasteiger partial charge in [0, 0.05) is 25.7 Å². The smallest absolute Gasteiger partial charge is 0.319 e. The van der Waals surface area contributed by atoms with Crippen LogP contribution in [0.15, 0.2) is 53.3 Å². The van der Waals surface area contributed by atoms with Crippen molar-refractivity contribution in [1.29, 1.82) is 0 Å². The number of amides is 2. The quantitative estimate of drug-likeness (QED) is 0.569. The molecule has 0 saturated carbocycles. The Morgan fingerprint density at radius 1 is 1.09 bits per heavy atom. The molecule has 33 heavy (non-hydrogen) atoms. The number of nitrogens with one attached hydrogen (secondary N) is 2. The van der Waals surface area contributed by atoms with E-state index in [0.29, 0.717) is 43.5 Å². The van der Waals surface area contributed by atoms with Gasteiger partial charge in [-0.25, -0.2) is 9.78 Å². The monoisotopic (exact) mass is 449 g/mol. The number of aryl methyl sites for hydroxylation is 1. The molecule has 1 aliphatic rings. The summed E-state index contributed by atoms with van der Waals surface area (Å²) in [6.45, 7) is 6.49. The van der Waals surface area contributed by atoms with Crippen LogP contribution in [0.2, 0.25) is 0 Å². The lowest BCUT2D eigenvalue weighted by Crippen LogP contribution is -2.47. The number of urea groups is 1. The van der Waals surface area contributed by atoms with Gasteiger partial charge in [0.15, 0.2) is 5.82 Å². The second-order valence-corrected chi connectivity index (χ2v) is 8.17. The summed E-state index contributed by atoms with van der Waals surface area (Å²) < 4.78 is 7.40. The van der Waals surface area contributed by atoms with Crippen LogP contribution in [0.1, 0.15) is 33.1 Å². The maximum absolute atomic E-state index is 13.2. The normalized spacial score (nSPS) is 14.3. The molecule has 2 N–H and O–H groups in total. The summed E-state index contributed by atoms with van der Waals surface area (Å²) in [5.74, 6) is 1.14. The van der Waals surface area contributed by atoms with Gasteiger partial charge in [0.25, 0.3) is 5.56 Å². The van der Waals surface area contributed by atoms with Gasteiger partial charge in [-0.2, -0.15) is 0 Å². The van der Waals surface area contributed by atoms with E-state index >= 15 is 0 Å². The van der Waals surface area contributed by atoms with Crippen molar-refractivity contribution < 1.29 is 9.53 Å². The van der Waals surface area contributed by atoms with Gasteiger partial charge >= 0.3 is 6.03 Å². The number of piperidine rings is 1. The first-order valence-electron chi connectivity index (χ1n) is 11.6. The Morgan fingerprint density at radius 3 is 2.58 bits per heavy atom. The average molecular weight is 450 g/mol. The number of hydrogen-bond acceptors (Lipinski definition) is 5. The summed E-state index contributed by atoms with van der Waals surface area (Å²) in [7, 11) is 0. The molecule has 8 heteroatoms. The molecule has 0 atom stereocenters. The highest BCUT2D eigenvalue weighted by Crippen LogP contribution is 2.24. The van der Waals surface area contributed by atoms with E-state index in [1.54, 1.807) is 0 Å². The van der Waals surface area contributed by atoms with Gasteiger partial charge in [-0.3, -0.25) is 4.79 Å². The average Bonchev–Trinajstić information content (AvgIpc) is 2.83. The van der Waals surface area contributed by atoms with Crippen molar-refractivity contribution in [3.05, 3.63) is 58.9 Å². The summed E-state index contributed by atoms with van der Waals surface area (Å²) in [4.78, 5) is 32.5. The molecule has 2 aromatic carbocycles. The Balaban J connectivity index is 1.41. The molecule has 3 aromatic rings. The number of carbonyl (C=O) groups is 1. The SMILES string of the molecule is CCCn1c(=O)c(N2CCC(NC(=O)Nc3ccccc3OCC)CC2)nc2ccccc21. The van der Waals surface area contributed by atoms with E-state index in [1.165, 1.54) is 0 Å². The van der Waals surface area contributed by atoms with E-state index in [0.717, 1.165) is 30.3 Å². The third kappa shape index (κ3) is 5.10. The van der Waals surface area contributed by atoms with Crippen LogP contribution >= 0.6 is 0 Å². The highest BCUT2D eigenvalue weighted by Gasteiger charge is 2.24. The molecule has 2 heterocycles. The van der Waals surface area contributed by atoms with Crippen LogP contribution < -0.4 is 25.8 Å². The lowest BCUT2D eigenvalue weighted by molar-refractivity contribution is 0.245. The second-order valence-electron chi connectivity index (χ2n) is 8.17. The third-order valence-corrected chi connectivity index (χ3v) is 5.85. The molecular weight excluding hydrogens is 418 g/mol. The third-order valence-electron chi connectivity index (χ3n) is 5.85. The minimum absolute atomic E-state index is 0.0267. The summed E-state index contributed by atoms with van der Waals surface area (Å²) in [6.07, 6.45) is 2.35. The molecule has 4 rings (SSSR count). The molecule has 0 unspecified atom stereocenters. The molecule has 1 aromatic heterocycles. The summed E-state index contributed by atoms with van der Waals surface area (Å²) in [6, 6.07) is 14.9. The van der Waals surface area contributed by atoms with Crippen LogP contribution in [0.3, 0.4) is 0 Å². The first kappa shape index (κ1) is 22.6. The van der Waals surface area contributed by atoms with E-state index < -0.39 is 0 Å². The number of aromatic nitrogens is 2. The Morgan fingerprint density at radius 2 is 1.82 bits per heavy atom. The van der Waals surface area contributed by atoms with Crippen LogP contribution in [0.25, 0.3) is 11.0 Å². The fraction of sp³-hybridized carbons (Fsp3) is 0.400. The van der Waals surface area contributed by atoms with Crippen molar-refractivity contribution in [3.8, 4) is 5.75 Å². The maximum atomic E-state index is 13.2. The molecule has 0 radical (unpaired) electrons. The number of ether oxygens (including phenoxy) is 1. The van der Waals surface area contributed by atoms with E-state index in [4.69, 9.17) is 4.74 Å². The standard InChI is InChI=1S/C25H31N5O3/c1-3-15-30-21-11-7-5-9-19(21)27-23(24(30)31)29-16-13-18(14-17-29)26-25(32)28-20-10-6-8-12-22(20)33-4-2/h5-12,18H,3-4,13-17H2,1-2H3,(H2,26,28,32). The topological polar surface area (TPSA) is 88.5 Å². The molecule has 8 nitrogen and oxygen atoms in total. The van der Waals surface area contributed by atoms with Gasteiger partial charge in [0.05, 0.1) is 23.3 Å². The highest BCUT2D eigenvalue weighted by molar-refractivity contribution is 5.91. The molecule has 174 valence electrons. The second kappa shape index (κ2) is 10.4. The molecule has 0 aliphatic carbocycles. The lowest BCUT2D eigenvalue weighted by Gasteiger charge is -2.33. The fourth-order valence-corrected chi connectivity index (χ4v) is 4.26. The van der Waals surface area contributed by atoms with Crippen LogP contribution in [0, 0.1) is 0 Å². The first-order valence-corrected chi connectivity index (χ1v) is 11.6. The van der Waals surface area contributed by atoms with Crippen LogP contribution in [-0.2, 0) is 6.54 Å². The van der Waals surface area contributed by atoms with Crippen molar-refractivity contribution in [3.63, 3.8) is 0 Å². The lowest BCUT2D eigenvalue weighted by atomic mass is 10.1. The zero-order valence-corrected chi connectivity index (χ0v) is 19.2. The molecule has 1 aliphatic heterocycles. The van der Waals surface area contributed by atoms with E-state index in [1.807, 2.05) is 64.9 Å². The minimum atomic E-state index is -0.255. The molecule has 0 spiro atoms. The molecular formula is C25H31N5O3. The number of rotatable bonds is 7. The minimum Gasteiger partial charge on any atom is -0.492 e. The van der Waals surface area contributed by atoms with Gasteiger partial charge in [-0.15, -0.1) is 0 Å². The zero-order valence-electron chi connectivity index (χ0n) is 19.2. The van der Waals surface area contributed by atoms with Gasteiger partial charge < -0.3 is 24.8 Å². The van der Waals surface area contributed by atoms with Crippen molar-refractivity contribution in [1.82, 2.24) is 14.9 Å². The van der Waals surface area contributed by atoms with Gasteiger partial charge in [-0.05, 0) is 50.5 Å². The molecule has 1 fully saturated rings. The summed E-state index contributed by atoms with van der Waals surface area (Å²) >= 11 is 0. The first-order chi connectivity index (χ1) is 16.1. The van der Waals surface area contributed by atoms with E-state index in [-0.39, 0.29) is 17.6 Å². The van der Waals surface area contributed by atoms with Crippen molar-refractivity contribution in [2.24, 2.45) is 0 Å². The van der Waals surface area contributed by atoms with Crippen LogP contribution in [0.4, 0.5) is 16.3 Å². The van der Waals surface area contributed by atoms with Crippen molar-refractivity contribution in [2.45, 2.75) is 45.7 Å². The zero-order chi connectivity index (χ0) is 23.2. The molecule has 1 saturated heterocycles. The number of nitrogens with zero attached hydrogens (tertiary/aromatic N) is 3. The number of benzene rings is 2. The van der Waals surface area contributed by atoms with Gasteiger partial charge in [0.1, 0.15) is 5.75 Å². The molecule has 0 bridgehead atoms. The number of anilines is 2. The maximum Gasteiger partial charge on any atom is 0.319 e. The van der Waals surface area contributed by atoms with Crippen molar-refractivity contribution >= 4 is 28.6 Å². The largest absolute Gasteiger partial charge is 0.492 e. The van der Waals surface area contributed by atoms with E-state index in [9.17, 15) is 9.59 Å². The molecule has 2 amide bonds. The predicted octanol–water partition coefficient (Wildman–Crippen LogP) is 4.00. The van der Waals surface area contributed by atoms with E-state index in [2.05, 4.69) is 22.5 Å². The van der Waals surface area contributed by atoms with Crippen LogP contribution in [0.5, 0.6) is 5.75 Å². The van der Waals surface area contributed by atoms with Crippen LogP contribution in [-0.4, -0.2) is 41.3 Å². The number of para-hydroxylation sites is 4. The van der Waals surface area contributed by atoms with Crippen molar-refractivity contribution in [2.75, 3.05) is 29.9 Å². The summed E-state index contributed by atoms with van der Waals surface area (Å²) in [5, 5.41) is 5.93. The Bertz CT molecular complexity index is 1170. The number of fused-ring (bicyclic) bond motifs is 1. The van der Waals surface area contributed by atoms with Gasteiger partial charge in [0.2, 0.25) is 0 Å². The number of carbonyl (C=O) groups excluding carboxylic acids is 1.